The summed E-state index contributed by atoms with van der Waals surface area (Å²) in [6.07, 6.45) is 2.13. The summed E-state index contributed by atoms with van der Waals surface area (Å²) in [7, 11) is 0. The molecule has 150 valence electrons. The Bertz CT molecular complexity index is 430. The molecule has 26 heavy (non-hydrogen) atoms. The molecule has 0 spiro atoms. The van der Waals surface area contributed by atoms with Gasteiger partial charge >= 0.3 is 17.9 Å². The predicted molar refractivity (Wildman–Crippen MR) is 93.9 cm³/mol. The largest absolute Gasteiger partial charge is 0.460 e. The molecule has 0 fully saturated rings. The van der Waals surface area contributed by atoms with Gasteiger partial charge in [-0.15, -0.1) is 0 Å². The molecule has 3 N–H and O–H groups in total. The SMILES string of the molecule is C=CC(=O)OC(C)CO.C=CC(=O)OCC(C)O.C=CC(=O)OCCO. The fourth-order valence-electron chi connectivity index (χ4n) is 0.750. The average Bonchev–Trinajstić information content (AvgIpc) is 2.64. The molecule has 0 saturated carbocycles. The number of ether oxygens (including phenoxy) is 3. The number of carbonyl (C=O) groups excluding carboxylic acids is 3. The number of rotatable bonds is 9. The van der Waals surface area contributed by atoms with Crippen LogP contribution in [0.5, 0.6) is 0 Å². The molecule has 9 nitrogen and oxygen atoms in total. The molecule has 0 aliphatic heterocycles. The van der Waals surface area contributed by atoms with Gasteiger partial charge in [-0.25, -0.2) is 14.4 Å². The molecule has 0 aromatic heterocycles. The standard InChI is InChI=1S/2C6H10O3.C5H8O3/c1-3-6(8)9-4-5(2)7;1-3-6(8)9-5(2)4-7;1-2-5(7)8-4-3-6/h2*3,5,7H,1,4H2,2H3;2,6H,1,3-4H2. The second-order valence-electron chi connectivity index (χ2n) is 4.41. The third kappa shape index (κ3) is 26.4. The number of hydrogen-bond acceptors (Lipinski definition) is 9. The highest BCUT2D eigenvalue weighted by Gasteiger charge is 2.02. The summed E-state index contributed by atoms with van der Waals surface area (Å²) in [5, 5.41) is 25.1. The highest BCUT2D eigenvalue weighted by Crippen LogP contribution is 1.88. The van der Waals surface area contributed by atoms with Gasteiger partial charge in [0.25, 0.3) is 0 Å². The Morgan fingerprint density at radius 3 is 1.73 bits per heavy atom. The zero-order valence-electron chi connectivity index (χ0n) is 15.1. The molecule has 0 saturated heterocycles. The highest BCUT2D eigenvalue weighted by atomic mass is 16.6. The lowest BCUT2D eigenvalue weighted by atomic mass is 10.4. The van der Waals surface area contributed by atoms with E-state index in [2.05, 4.69) is 33.9 Å². The third-order valence-electron chi connectivity index (χ3n) is 1.88. The predicted octanol–water partition coefficient (Wildman–Crippen LogP) is -0.0993. The normalized spacial score (nSPS) is 11.0. The molecule has 2 unspecified atom stereocenters. The number of esters is 3. The van der Waals surface area contributed by atoms with Crippen molar-refractivity contribution >= 4 is 17.9 Å². The molecular weight excluding hydrogens is 348 g/mol. The van der Waals surface area contributed by atoms with E-state index in [1.165, 1.54) is 6.92 Å². The average molecular weight is 376 g/mol. The Morgan fingerprint density at radius 2 is 1.38 bits per heavy atom. The van der Waals surface area contributed by atoms with E-state index in [-0.39, 0.29) is 26.4 Å². The van der Waals surface area contributed by atoms with Gasteiger partial charge in [0.2, 0.25) is 0 Å². The van der Waals surface area contributed by atoms with Gasteiger partial charge < -0.3 is 29.5 Å². The van der Waals surface area contributed by atoms with Crippen LogP contribution in [0.15, 0.2) is 38.0 Å². The maximum absolute atomic E-state index is 10.3. The quantitative estimate of drug-likeness (QED) is 0.286. The Morgan fingerprint density at radius 1 is 0.923 bits per heavy atom. The molecule has 0 aliphatic rings. The van der Waals surface area contributed by atoms with Crippen LogP contribution in [0.2, 0.25) is 0 Å². The molecule has 0 radical (unpaired) electrons. The molecule has 0 amide bonds. The van der Waals surface area contributed by atoms with Gasteiger partial charge in [0, 0.05) is 18.2 Å². The highest BCUT2D eigenvalue weighted by molar-refractivity contribution is 5.81. The van der Waals surface area contributed by atoms with Crippen LogP contribution in [0, 0.1) is 0 Å². The van der Waals surface area contributed by atoms with Gasteiger partial charge in [0.15, 0.2) is 0 Å². The van der Waals surface area contributed by atoms with E-state index in [0.717, 1.165) is 18.2 Å². The second kappa shape index (κ2) is 20.6. The van der Waals surface area contributed by atoms with Crippen LogP contribution in [0.3, 0.4) is 0 Å². The van der Waals surface area contributed by atoms with Gasteiger partial charge in [-0.2, -0.15) is 0 Å². The zero-order valence-corrected chi connectivity index (χ0v) is 15.1. The molecule has 0 heterocycles. The minimum atomic E-state index is -0.603. The topological polar surface area (TPSA) is 140 Å². The molecule has 0 rings (SSSR count). The summed E-state index contributed by atoms with van der Waals surface area (Å²) in [5.41, 5.74) is 0. The monoisotopic (exact) mass is 376 g/mol. The number of hydrogen-bond donors (Lipinski definition) is 3. The maximum atomic E-state index is 10.3. The molecule has 9 heteroatoms. The Balaban J connectivity index is -0.000000306. The van der Waals surface area contributed by atoms with Crippen LogP contribution in [0.25, 0.3) is 0 Å². The first-order valence-corrected chi connectivity index (χ1v) is 7.49. The summed E-state index contributed by atoms with van der Waals surface area (Å²) in [6, 6.07) is 0. The Hall–Kier alpha value is -2.49. The van der Waals surface area contributed by atoms with Crippen molar-refractivity contribution in [3.05, 3.63) is 38.0 Å². The number of aliphatic hydroxyl groups excluding tert-OH is 3. The fourth-order valence-corrected chi connectivity index (χ4v) is 0.750. The molecular formula is C17H28O9. The lowest BCUT2D eigenvalue weighted by Gasteiger charge is -2.06. The zero-order chi connectivity index (χ0) is 21.0. The van der Waals surface area contributed by atoms with Crippen LogP contribution < -0.4 is 0 Å². The first-order valence-electron chi connectivity index (χ1n) is 7.49. The van der Waals surface area contributed by atoms with Gasteiger partial charge in [0.05, 0.1) is 19.3 Å². The van der Waals surface area contributed by atoms with E-state index < -0.39 is 30.1 Å². The van der Waals surface area contributed by atoms with E-state index in [9.17, 15) is 14.4 Å². The first-order chi connectivity index (χ1) is 12.2. The first kappa shape index (κ1) is 28.3. The van der Waals surface area contributed by atoms with Crippen molar-refractivity contribution in [1.29, 1.82) is 0 Å². The molecule has 0 aliphatic carbocycles. The van der Waals surface area contributed by atoms with Crippen LogP contribution in [-0.2, 0) is 28.6 Å². The summed E-state index contributed by atoms with van der Waals surface area (Å²) in [6.45, 7) is 12.5. The minimum absolute atomic E-state index is 0.0326. The summed E-state index contributed by atoms with van der Waals surface area (Å²) < 4.78 is 13.3. The van der Waals surface area contributed by atoms with Gasteiger partial charge in [-0.3, -0.25) is 0 Å². The van der Waals surface area contributed by atoms with E-state index in [1.807, 2.05) is 0 Å². The minimum Gasteiger partial charge on any atom is -0.460 e. The fraction of sp³-hybridized carbons (Fsp3) is 0.471. The van der Waals surface area contributed by atoms with Crippen molar-refractivity contribution in [3.8, 4) is 0 Å². The lowest BCUT2D eigenvalue weighted by Crippen LogP contribution is -2.16. The number of carbonyl (C=O) groups is 3. The van der Waals surface area contributed by atoms with E-state index in [1.54, 1.807) is 6.92 Å². The van der Waals surface area contributed by atoms with Crippen LogP contribution in [0.1, 0.15) is 13.8 Å². The van der Waals surface area contributed by atoms with Crippen molar-refractivity contribution in [3.63, 3.8) is 0 Å². The summed E-state index contributed by atoms with van der Waals surface area (Å²) in [4.78, 5) is 30.7. The third-order valence-corrected chi connectivity index (χ3v) is 1.88. The van der Waals surface area contributed by atoms with Crippen molar-refractivity contribution in [2.75, 3.05) is 26.4 Å². The smallest absolute Gasteiger partial charge is 0.330 e. The van der Waals surface area contributed by atoms with E-state index in [4.69, 9.17) is 15.3 Å². The van der Waals surface area contributed by atoms with Crippen molar-refractivity contribution in [2.45, 2.75) is 26.1 Å². The molecule has 0 aromatic rings. The van der Waals surface area contributed by atoms with Crippen LogP contribution in [0.4, 0.5) is 0 Å². The van der Waals surface area contributed by atoms with Gasteiger partial charge in [-0.05, 0) is 13.8 Å². The van der Waals surface area contributed by atoms with E-state index >= 15 is 0 Å². The maximum Gasteiger partial charge on any atom is 0.330 e. The Kier molecular flexibility index (Phi) is 22.4. The van der Waals surface area contributed by atoms with Gasteiger partial charge in [-0.1, -0.05) is 19.7 Å². The molecule has 0 bridgehead atoms. The Labute approximate surface area is 153 Å². The lowest BCUT2D eigenvalue weighted by molar-refractivity contribution is -0.144. The molecule has 2 atom stereocenters. The number of aliphatic hydroxyl groups is 3. The van der Waals surface area contributed by atoms with Crippen molar-refractivity contribution < 1.29 is 43.9 Å². The molecule has 0 aromatic carbocycles. The summed E-state index contributed by atoms with van der Waals surface area (Å²) >= 11 is 0. The van der Waals surface area contributed by atoms with Crippen molar-refractivity contribution in [1.82, 2.24) is 0 Å². The second-order valence-corrected chi connectivity index (χ2v) is 4.41. The van der Waals surface area contributed by atoms with Crippen LogP contribution >= 0.6 is 0 Å². The summed E-state index contributed by atoms with van der Waals surface area (Å²) in [5.74, 6) is -1.51. The van der Waals surface area contributed by atoms with Crippen LogP contribution in [-0.4, -0.2) is 71.9 Å². The van der Waals surface area contributed by atoms with Gasteiger partial charge in [0.1, 0.15) is 19.3 Å². The van der Waals surface area contributed by atoms with E-state index in [0.29, 0.717) is 0 Å². The van der Waals surface area contributed by atoms with Crippen molar-refractivity contribution in [2.24, 2.45) is 0 Å².